The molecule has 6 heteroatoms. The van der Waals surface area contributed by atoms with Gasteiger partial charge < -0.3 is 14.8 Å². The lowest BCUT2D eigenvalue weighted by atomic mass is 9.85. The van der Waals surface area contributed by atoms with Gasteiger partial charge in [0.05, 0.1) is 26.4 Å². The highest BCUT2D eigenvalue weighted by Gasteiger charge is 2.19. The molecule has 0 bridgehead atoms. The molecule has 1 N–H and O–H groups in total. The lowest BCUT2D eigenvalue weighted by Crippen LogP contribution is -2.30. The highest BCUT2D eigenvalue weighted by Crippen LogP contribution is 2.39. The van der Waals surface area contributed by atoms with Crippen LogP contribution < -0.4 is 14.8 Å². The lowest BCUT2D eigenvalue weighted by Gasteiger charge is -2.23. The Morgan fingerprint density at radius 1 is 0.745 bits per heavy atom. The number of hydrogen-bond acceptors (Lipinski definition) is 5. The second kappa shape index (κ2) is 15.3. The predicted molar refractivity (Wildman–Crippen MR) is 191 cm³/mol. The zero-order chi connectivity index (χ0) is 32.4. The summed E-state index contributed by atoms with van der Waals surface area (Å²) >= 11 is 1.52. The largest absolute Gasteiger partial charge is 0.497 e. The van der Waals surface area contributed by atoms with E-state index < -0.39 is 0 Å². The average Bonchev–Trinajstić information content (AvgIpc) is 3.68. The SMILES string of the molecule is [C-]#[N+]/C(C#N)=C(\c1ccc(/C(=C(\c2ccc(OC)cc2)c2ccc(OCC3CCNCC3)cc2)c2ccccc2)cc1)c1cccs1. The van der Waals surface area contributed by atoms with Crippen LogP contribution in [0.3, 0.4) is 0 Å². The van der Waals surface area contributed by atoms with Gasteiger partial charge in [0.25, 0.3) is 5.70 Å². The first kappa shape index (κ1) is 31.6. The molecule has 1 aliphatic rings. The van der Waals surface area contributed by atoms with Crippen LogP contribution in [0.5, 0.6) is 11.5 Å². The number of rotatable bonds is 10. The molecule has 0 atom stereocenters. The van der Waals surface area contributed by atoms with Crippen molar-refractivity contribution < 1.29 is 9.47 Å². The van der Waals surface area contributed by atoms with Gasteiger partial charge in [0, 0.05) is 10.5 Å². The summed E-state index contributed by atoms with van der Waals surface area (Å²) in [6.07, 6.45) is 2.28. The van der Waals surface area contributed by atoms with Crippen LogP contribution in [0.25, 0.3) is 21.6 Å². The molecule has 1 fully saturated rings. The zero-order valence-corrected chi connectivity index (χ0v) is 27.1. The van der Waals surface area contributed by atoms with E-state index in [9.17, 15) is 5.26 Å². The Hall–Kier alpha value is -5.40. The van der Waals surface area contributed by atoms with Gasteiger partial charge in [0.2, 0.25) is 0 Å². The second-order valence-corrected chi connectivity index (χ2v) is 12.3. The average molecular weight is 634 g/mol. The highest BCUT2D eigenvalue weighted by molar-refractivity contribution is 7.11. The number of benzene rings is 4. The highest BCUT2D eigenvalue weighted by atomic mass is 32.1. The van der Waals surface area contributed by atoms with Crippen molar-refractivity contribution in [2.45, 2.75) is 12.8 Å². The lowest BCUT2D eigenvalue weighted by molar-refractivity contribution is 0.215. The molecule has 0 amide bonds. The number of ether oxygens (including phenoxy) is 2. The molecule has 0 radical (unpaired) electrons. The summed E-state index contributed by atoms with van der Waals surface area (Å²) in [4.78, 5) is 4.45. The van der Waals surface area contributed by atoms with E-state index in [1.54, 1.807) is 7.11 Å². The van der Waals surface area contributed by atoms with Crippen molar-refractivity contribution in [3.8, 4) is 17.6 Å². The Morgan fingerprint density at radius 3 is 1.79 bits per heavy atom. The molecule has 5 aromatic rings. The number of nitrogens with one attached hydrogen (secondary N) is 1. The number of allylic oxidation sites excluding steroid dienone is 1. The van der Waals surface area contributed by atoms with Crippen molar-refractivity contribution in [1.82, 2.24) is 5.32 Å². The summed E-state index contributed by atoms with van der Waals surface area (Å²) in [5.41, 5.74) is 7.92. The van der Waals surface area contributed by atoms with Gasteiger partial charge in [0.1, 0.15) is 11.5 Å². The standard InChI is InChI=1S/C41H35N3O2S/c1-43-37(27-42)41(38-9-6-26-47-38)34-12-10-31(11-13-34)39(30-7-4-3-5-8-30)40(32-14-18-35(45-2)19-15-32)33-16-20-36(21-17-33)46-28-29-22-24-44-25-23-29/h3-21,26,29,44H,22-25,28H2,2H3/b40-39+,41-37+. The van der Waals surface area contributed by atoms with Gasteiger partial charge >= 0.3 is 0 Å². The van der Waals surface area contributed by atoms with Crippen LogP contribution in [0, 0.1) is 23.8 Å². The monoisotopic (exact) mass is 633 g/mol. The maximum Gasteiger partial charge on any atom is 0.270 e. The van der Waals surface area contributed by atoms with Crippen LogP contribution in [0.15, 0.2) is 126 Å². The predicted octanol–water partition coefficient (Wildman–Crippen LogP) is 9.34. The molecule has 232 valence electrons. The van der Waals surface area contributed by atoms with Gasteiger partial charge in [-0.3, -0.25) is 0 Å². The topological polar surface area (TPSA) is 58.6 Å². The summed E-state index contributed by atoms with van der Waals surface area (Å²) in [5, 5.41) is 15.2. The molecule has 0 aliphatic carbocycles. The maximum absolute atomic E-state index is 9.78. The van der Waals surface area contributed by atoms with Crippen molar-refractivity contribution in [3.05, 3.63) is 170 Å². The Kier molecular flexibility index (Phi) is 10.3. The fourth-order valence-electron chi connectivity index (χ4n) is 6.01. The van der Waals surface area contributed by atoms with E-state index in [0.29, 0.717) is 11.5 Å². The maximum atomic E-state index is 9.78. The van der Waals surface area contributed by atoms with Crippen molar-refractivity contribution in [1.29, 1.82) is 5.26 Å². The molecule has 47 heavy (non-hydrogen) atoms. The van der Waals surface area contributed by atoms with Crippen LogP contribution in [-0.4, -0.2) is 26.8 Å². The van der Waals surface area contributed by atoms with E-state index in [0.717, 1.165) is 87.9 Å². The number of hydrogen-bond donors (Lipinski definition) is 1. The van der Waals surface area contributed by atoms with Gasteiger partial charge in [-0.2, -0.15) is 0 Å². The van der Waals surface area contributed by atoms with E-state index in [4.69, 9.17) is 16.0 Å². The van der Waals surface area contributed by atoms with Gasteiger partial charge in [0.15, 0.2) is 0 Å². The van der Waals surface area contributed by atoms with Gasteiger partial charge in [-0.1, -0.05) is 84.9 Å². The molecule has 2 heterocycles. The quantitative estimate of drug-likeness (QED) is 0.0946. The third kappa shape index (κ3) is 7.37. The van der Waals surface area contributed by atoms with Gasteiger partial charge in [-0.15, -0.1) is 11.3 Å². The Balaban J connectivity index is 1.47. The number of methoxy groups -OCH3 is 1. The second-order valence-electron chi connectivity index (χ2n) is 11.4. The minimum absolute atomic E-state index is 0.0837. The molecule has 1 aromatic heterocycles. The number of thiophene rings is 1. The molecule has 0 unspecified atom stereocenters. The minimum atomic E-state index is 0.0837. The van der Waals surface area contributed by atoms with Crippen molar-refractivity contribution in [2.24, 2.45) is 5.92 Å². The summed E-state index contributed by atoms with van der Waals surface area (Å²) < 4.78 is 11.7. The van der Waals surface area contributed by atoms with E-state index in [-0.39, 0.29) is 5.70 Å². The third-order valence-electron chi connectivity index (χ3n) is 8.46. The summed E-state index contributed by atoms with van der Waals surface area (Å²) in [6, 6.07) is 41.2. The summed E-state index contributed by atoms with van der Waals surface area (Å²) in [5.74, 6) is 2.24. The Bertz CT molecular complexity index is 1910. The van der Waals surface area contributed by atoms with Crippen molar-refractivity contribution >= 4 is 28.1 Å². The van der Waals surface area contributed by atoms with Crippen LogP contribution in [0.1, 0.15) is 45.5 Å². The van der Waals surface area contributed by atoms with Gasteiger partial charge in [-0.25, -0.2) is 10.1 Å². The first-order chi connectivity index (χ1) is 23.2. The summed E-state index contributed by atoms with van der Waals surface area (Å²) in [7, 11) is 1.68. The van der Waals surface area contributed by atoms with E-state index in [1.807, 2.05) is 47.8 Å². The first-order valence-corrected chi connectivity index (χ1v) is 16.6. The fourth-order valence-corrected chi connectivity index (χ4v) is 6.80. The van der Waals surface area contributed by atoms with E-state index >= 15 is 0 Å². The zero-order valence-electron chi connectivity index (χ0n) is 26.3. The van der Waals surface area contributed by atoms with Crippen LogP contribution in [0.4, 0.5) is 0 Å². The minimum Gasteiger partial charge on any atom is -0.497 e. The molecular formula is C41H35N3O2S. The molecule has 5 nitrogen and oxygen atoms in total. The summed E-state index contributed by atoms with van der Waals surface area (Å²) in [6.45, 7) is 10.5. The molecule has 0 saturated carbocycles. The Labute approximate surface area is 280 Å². The molecule has 1 aliphatic heterocycles. The number of nitrogens with zero attached hydrogens (tertiary/aromatic N) is 2. The molecular weight excluding hydrogens is 599 g/mol. The molecule has 0 spiro atoms. The van der Waals surface area contributed by atoms with Crippen molar-refractivity contribution in [3.63, 3.8) is 0 Å². The molecule has 4 aromatic carbocycles. The van der Waals surface area contributed by atoms with E-state index in [2.05, 4.69) is 89.0 Å². The molecule has 6 rings (SSSR count). The first-order valence-electron chi connectivity index (χ1n) is 15.7. The fraction of sp³-hybridized carbons (Fsp3) is 0.171. The third-order valence-corrected chi connectivity index (χ3v) is 9.35. The van der Waals surface area contributed by atoms with Gasteiger partial charge in [-0.05, 0) is 107 Å². The van der Waals surface area contributed by atoms with Crippen LogP contribution >= 0.6 is 11.3 Å². The normalized spacial score (nSPS) is 14.3. The number of nitriles is 1. The van der Waals surface area contributed by atoms with Crippen LogP contribution in [-0.2, 0) is 0 Å². The van der Waals surface area contributed by atoms with E-state index in [1.165, 1.54) is 11.3 Å². The van der Waals surface area contributed by atoms with Crippen LogP contribution in [0.2, 0.25) is 0 Å². The smallest absolute Gasteiger partial charge is 0.270 e. The molecule has 1 saturated heterocycles. The van der Waals surface area contributed by atoms with Crippen molar-refractivity contribution in [2.75, 3.05) is 26.8 Å². The Morgan fingerprint density at radius 2 is 1.28 bits per heavy atom. The number of piperidine rings is 1.